The molecule has 1 heterocycles. The quantitative estimate of drug-likeness (QED) is 0.141. The molecule has 0 N–H and O–H groups in total. The lowest BCUT2D eigenvalue weighted by Gasteiger charge is -2.13. The topological polar surface area (TPSA) is 82.1 Å². The average Bonchev–Trinajstić information content (AvgIpc) is 3.16. The van der Waals surface area contributed by atoms with E-state index in [4.69, 9.17) is 26.4 Å². The molecule has 1 amide bonds. The zero-order valence-corrected chi connectivity index (χ0v) is 20.1. The number of hydrogen-bond acceptors (Lipinski definition) is 8. The van der Waals surface area contributed by atoms with Crippen molar-refractivity contribution in [2.75, 3.05) is 18.6 Å². The molecular weight excluding hydrogens is 486 g/mol. The third kappa shape index (κ3) is 5.76. The van der Waals surface area contributed by atoms with Crippen LogP contribution in [0.3, 0.4) is 0 Å². The molecule has 35 heavy (non-hydrogen) atoms. The summed E-state index contributed by atoms with van der Waals surface area (Å²) in [5, 5.41) is 0. The zero-order chi connectivity index (χ0) is 24.8. The third-order valence-electron chi connectivity index (χ3n) is 4.89. The van der Waals surface area contributed by atoms with E-state index in [2.05, 4.69) is 0 Å². The highest BCUT2D eigenvalue weighted by Crippen LogP contribution is 2.37. The van der Waals surface area contributed by atoms with Gasteiger partial charge in [-0.2, -0.15) is 0 Å². The van der Waals surface area contributed by atoms with E-state index in [0.29, 0.717) is 49.6 Å². The van der Waals surface area contributed by atoms with Crippen molar-refractivity contribution in [3.05, 3.63) is 88.8 Å². The first-order chi connectivity index (χ1) is 17.0. The molecule has 1 fully saturated rings. The summed E-state index contributed by atoms with van der Waals surface area (Å²) >= 11 is 6.63. The van der Waals surface area contributed by atoms with Gasteiger partial charge in [0.05, 0.1) is 17.7 Å². The van der Waals surface area contributed by atoms with Crippen LogP contribution < -0.4 is 19.1 Å². The number of anilines is 1. The summed E-state index contributed by atoms with van der Waals surface area (Å²) in [5.41, 5.74) is 1.90. The second kappa shape index (κ2) is 11.0. The number of para-hydroxylation sites is 1. The molecule has 0 radical (unpaired) electrons. The fraction of sp³-hybridized carbons (Fsp3) is 0.0769. The standard InChI is InChI=1S/C26H19NO6S2/c1-31-22-13-18(14-23-25(30)27(26(34)35-23)19-5-3-2-4-6-19)9-12-21(22)32-16-24(29)33-20-10-7-17(15-28)8-11-20/h2-15H,16H2,1H3/b23-14-. The summed E-state index contributed by atoms with van der Waals surface area (Å²) in [6.07, 6.45) is 2.43. The minimum absolute atomic E-state index is 0.200. The van der Waals surface area contributed by atoms with Crippen molar-refractivity contribution in [2.45, 2.75) is 0 Å². The van der Waals surface area contributed by atoms with Crippen LogP contribution in [0.1, 0.15) is 15.9 Å². The van der Waals surface area contributed by atoms with Crippen LogP contribution in [0, 0.1) is 0 Å². The number of hydrogen-bond donors (Lipinski definition) is 0. The summed E-state index contributed by atoms with van der Waals surface area (Å²) in [6.45, 7) is -0.346. The van der Waals surface area contributed by atoms with Crippen LogP contribution in [0.25, 0.3) is 6.08 Å². The molecule has 7 nitrogen and oxygen atoms in total. The van der Waals surface area contributed by atoms with E-state index >= 15 is 0 Å². The Morgan fingerprint density at radius 2 is 1.71 bits per heavy atom. The molecular formula is C26H19NO6S2. The first-order valence-electron chi connectivity index (χ1n) is 10.4. The number of carbonyl (C=O) groups is 3. The molecule has 9 heteroatoms. The van der Waals surface area contributed by atoms with E-state index in [-0.39, 0.29) is 12.5 Å². The minimum Gasteiger partial charge on any atom is -0.493 e. The van der Waals surface area contributed by atoms with Gasteiger partial charge in [-0.3, -0.25) is 14.5 Å². The number of ether oxygens (including phenoxy) is 3. The van der Waals surface area contributed by atoms with Crippen molar-refractivity contribution in [3.63, 3.8) is 0 Å². The van der Waals surface area contributed by atoms with Gasteiger partial charge in [0.15, 0.2) is 22.4 Å². The second-order valence-corrected chi connectivity index (χ2v) is 8.89. The Kier molecular flexibility index (Phi) is 7.59. The predicted molar refractivity (Wildman–Crippen MR) is 138 cm³/mol. The molecule has 3 aromatic rings. The first-order valence-corrected chi connectivity index (χ1v) is 11.6. The lowest BCUT2D eigenvalue weighted by molar-refractivity contribution is -0.136. The SMILES string of the molecule is COc1cc(/C=C2\SC(=S)N(c3ccccc3)C2=O)ccc1OCC(=O)Oc1ccc(C=O)cc1. The van der Waals surface area contributed by atoms with Crippen molar-refractivity contribution in [1.29, 1.82) is 0 Å². The Hall–Kier alpha value is -3.95. The molecule has 0 aromatic heterocycles. The van der Waals surface area contributed by atoms with E-state index < -0.39 is 5.97 Å². The maximum Gasteiger partial charge on any atom is 0.349 e. The number of aldehydes is 1. The maximum absolute atomic E-state index is 12.9. The summed E-state index contributed by atoms with van der Waals surface area (Å²) in [7, 11) is 1.48. The van der Waals surface area contributed by atoms with Gasteiger partial charge in [0.1, 0.15) is 12.0 Å². The summed E-state index contributed by atoms with van der Waals surface area (Å²) in [5.74, 6) is 0.225. The minimum atomic E-state index is -0.612. The second-order valence-electron chi connectivity index (χ2n) is 7.21. The van der Waals surface area contributed by atoms with Gasteiger partial charge in [-0.1, -0.05) is 48.2 Å². The molecule has 176 valence electrons. The Morgan fingerprint density at radius 1 is 1.00 bits per heavy atom. The van der Waals surface area contributed by atoms with Gasteiger partial charge < -0.3 is 14.2 Å². The molecule has 4 rings (SSSR count). The highest BCUT2D eigenvalue weighted by molar-refractivity contribution is 8.27. The number of rotatable bonds is 8. The van der Waals surface area contributed by atoms with Crippen molar-refractivity contribution in [2.24, 2.45) is 0 Å². The molecule has 0 unspecified atom stereocenters. The van der Waals surface area contributed by atoms with E-state index in [1.807, 2.05) is 30.3 Å². The largest absolute Gasteiger partial charge is 0.493 e. The van der Waals surface area contributed by atoms with Crippen molar-refractivity contribution < 1.29 is 28.6 Å². The van der Waals surface area contributed by atoms with Crippen LogP contribution in [0.4, 0.5) is 5.69 Å². The molecule has 0 spiro atoms. The number of nitrogens with zero attached hydrogens (tertiary/aromatic N) is 1. The lowest BCUT2D eigenvalue weighted by atomic mass is 10.2. The number of amides is 1. The highest BCUT2D eigenvalue weighted by atomic mass is 32.2. The number of esters is 1. The molecule has 1 saturated heterocycles. The van der Waals surface area contributed by atoms with Crippen molar-refractivity contribution in [3.8, 4) is 17.2 Å². The molecule has 1 aliphatic heterocycles. The van der Waals surface area contributed by atoms with Gasteiger partial charge in [-0.15, -0.1) is 0 Å². The Labute approximate surface area is 211 Å². The smallest absolute Gasteiger partial charge is 0.349 e. The molecule has 0 bridgehead atoms. The van der Waals surface area contributed by atoms with Gasteiger partial charge in [0.2, 0.25) is 0 Å². The van der Waals surface area contributed by atoms with E-state index in [1.165, 1.54) is 35.9 Å². The van der Waals surface area contributed by atoms with Gasteiger partial charge in [-0.05, 0) is 60.2 Å². The van der Waals surface area contributed by atoms with Crippen molar-refractivity contribution in [1.82, 2.24) is 0 Å². The van der Waals surface area contributed by atoms with Gasteiger partial charge >= 0.3 is 5.97 Å². The Bertz CT molecular complexity index is 1310. The van der Waals surface area contributed by atoms with E-state index in [9.17, 15) is 14.4 Å². The summed E-state index contributed by atoms with van der Waals surface area (Å²) < 4.78 is 16.6. The van der Waals surface area contributed by atoms with Crippen LogP contribution in [0.5, 0.6) is 17.2 Å². The molecule has 3 aromatic carbocycles. The summed E-state index contributed by atoms with van der Waals surface area (Å²) in [6, 6.07) is 20.5. The zero-order valence-electron chi connectivity index (χ0n) is 18.5. The Morgan fingerprint density at radius 3 is 2.40 bits per heavy atom. The normalized spacial score (nSPS) is 14.2. The number of methoxy groups -OCH3 is 1. The fourth-order valence-electron chi connectivity index (χ4n) is 3.22. The van der Waals surface area contributed by atoms with Crippen LogP contribution in [-0.2, 0) is 9.59 Å². The lowest BCUT2D eigenvalue weighted by Crippen LogP contribution is -2.27. The molecule has 0 aliphatic carbocycles. The van der Waals surface area contributed by atoms with E-state index in [1.54, 1.807) is 36.4 Å². The number of benzene rings is 3. The van der Waals surface area contributed by atoms with E-state index in [0.717, 1.165) is 0 Å². The van der Waals surface area contributed by atoms with Crippen molar-refractivity contribution >= 4 is 58.2 Å². The monoisotopic (exact) mass is 505 g/mol. The van der Waals surface area contributed by atoms with Crippen LogP contribution in [-0.4, -0.2) is 36.2 Å². The number of thioether (sulfide) groups is 1. The average molecular weight is 506 g/mol. The molecule has 1 aliphatic rings. The fourth-order valence-corrected chi connectivity index (χ4v) is 4.52. The molecule has 0 saturated carbocycles. The maximum atomic E-state index is 12.9. The van der Waals surface area contributed by atoms with Crippen LogP contribution in [0.2, 0.25) is 0 Å². The first kappa shape index (κ1) is 24.2. The van der Waals surface area contributed by atoms with Crippen LogP contribution in [0.15, 0.2) is 77.7 Å². The summed E-state index contributed by atoms with van der Waals surface area (Å²) in [4.78, 5) is 37.8. The van der Waals surface area contributed by atoms with Gasteiger partial charge in [0.25, 0.3) is 5.91 Å². The third-order valence-corrected chi connectivity index (χ3v) is 6.19. The predicted octanol–water partition coefficient (Wildman–Crippen LogP) is 4.90. The number of thiocarbonyl (C=S) groups is 1. The molecule has 0 atom stereocenters. The number of carbonyl (C=O) groups excluding carboxylic acids is 3. The highest BCUT2D eigenvalue weighted by Gasteiger charge is 2.33. The van der Waals surface area contributed by atoms with Gasteiger partial charge in [0, 0.05) is 5.56 Å². The Balaban J connectivity index is 1.43. The van der Waals surface area contributed by atoms with Crippen LogP contribution >= 0.6 is 24.0 Å². The van der Waals surface area contributed by atoms with Gasteiger partial charge in [-0.25, -0.2) is 4.79 Å².